The molecule has 230 valence electrons. The molecule has 47 heavy (non-hydrogen) atoms. The Bertz CT molecular complexity index is 2290. The van der Waals surface area contributed by atoms with Crippen LogP contribution in [0.2, 0.25) is 0 Å². The molecule has 1 aliphatic rings. The SMILES string of the molecule is CC(C)(C)c1ccc(-c2ccc3cc4c(cc3c2)-c2cc3cc(N(c5ccccc5)c5cccc(C(C)(C)C)c5)ccc3cc2-4)cc1. The van der Waals surface area contributed by atoms with Crippen molar-refractivity contribution in [2.24, 2.45) is 0 Å². The van der Waals surface area contributed by atoms with E-state index in [1.165, 1.54) is 71.7 Å². The van der Waals surface area contributed by atoms with Crippen molar-refractivity contribution in [3.8, 4) is 33.4 Å². The van der Waals surface area contributed by atoms with Crippen LogP contribution in [0.4, 0.5) is 17.1 Å². The largest absolute Gasteiger partial charge is 0.310 e. The Morgan fingerprint density at radius 3 is 1.47 bits per heavy atom. The van der Waals surface area contributed by atoms with Crippen molar-refractivity contribution in [3.63, 3.8) is 0 Å². The fraction of sp³-hybridized carbons (Fsp3) is 0.174. The number of benzene rings is 7. The van der Waals surface area contributed by atoms with Gasteiger partial charge >= 0.3 is 0 Å². The summed E-state index contributed by atoms with van der Waals surface area (Å²) in [5, 5.41) is 5.10. The summed E-state index contributed by atoms with van der Waals surface area (Å²) in [5.74, 6) is 0. The van der Waals surface area contributed by atoms with Gasteiger partial charge in [0.05, 0.1) is 0 Å². The van der Waals surface area contributed by atoms with Crippen LogP contribution in [0.1, 0.15) is 52.7 Å². The van der Waals surface area contributed by atoms with Crippen LogP contribution >= 0.6 is 0 Å². The van der Waals surface area contributed by atoms with Crippen LogP contribution in [0.5, 0.6) is 0 Å². The van der Waals surface area contributed by atoms with E-state index in [1.807, 2.05) is 0 Å². The van der Waals surface area contributed by atoms with Gasteiger partial charge in [0, 0.05) is 17.1 Å². The molecule has 1 heteroatoms. The Kier molecular flexibility index (Phi) is 6.67. The third-order valence-corrected chi connectivity index (χ3v) is 9.84. The maximum absolute atomic E-state index is 2.39. The van der Waals surface area contributed by atoms with Crippen LogP contribution in [0.15, 0.2) is 140 Å². The van der Waals surface area contributed by atoms with Gasteiger partial charge < -0.3 is 4.90 Å². The Hall–Kier alpha value is -5.14. The minimum Gasteiger partial charge on any atom is -0.310 e. The van der Waals surface area contributed by atoms with E-state index >= 15 is 0 Å². The van der Waals surface area contributed by atoms with E-state index in [0.29, 0.717) is 0 Å². The zero-order valence-corrected chi connectivity index (χ0v) is 28.2. The second-order valence-corrected chi connectivity index (χ2v) is 15.2. The first kappa shape index (κ1) is 29.3. The lowest BCUT2D eigenvalue weighted by atomic mass is 9.77. The lowest BCUT2D eigenvalue weighted by Gasteiger charge is -2.29. The van der Waals surface area contributed by atoms with Crippen LogP contribution in [0.3, 0.4) is 0 Å². The molecule has 0 bridgehead atoms. The maximum atomic E-state index is 2.39. The van der Waals surface area contributed by atoms with Crippen molar-refractivity contribution >= 4 is 38.6 Å². The first-order chi connectivity index (χ1) is 22.5. The molecule has 0 heterocycles. The smallest absolute Gasteiger partial charge is 0.0468 e. The Labute approximate surface area is 279 Å². The summed E-state index contributed by atoms with van der Waals surface area (Å²) >= 11 is 0. The van der Waals surface area contributed by atoms with Crippen LogP contribution in [-0.4, -0.2) is 0 Å². The van der Waals surface area contributed by atoms with Crippen LogP contribution in [-0.2, 0) is 10.8 Å². The quantitative estimate of drug-likeness (QED) is 0.192. The average molecular weight is 608 g/mol. The van der Waals surface area contributed by atoms with Gasteiger partial charge in [0.15, 0.2) is 0 Å². The molecule has 0 aromatic heterocycles. The Morgan fingerprint density at radius 2 is 0.851 bits per heavy atom. The molecule has 7 aromatic rings. The molecule has 0 N–H and O–H groups in total. The van der Waals surface area contributed by atoms with Crippen molar-refractivity contribution in [3.05, 3.63) is 151 Å². The molecule has 0 spiro atoms. The van der Waals surface area contributed by atoms with Gasteiger partial charge in [0.2, 0.25) is 0 Å². The van der Waals surface area contributed by atoms with Gasteiger partial charge in [-0.15, -0.1) is 0 Å². The zero-order valence-electron chi connectivity index (χ0n) is 28.2. The van der Waals surface area contributed by atoms with Gasteiger partial charge in [-0.1, -0.05) is 114 Å². The number of nitrogens with zero attached hydrogens (tertiary/aromatic N) is 1. The average Bonchev–Trinajstić information content (AvgIpc) is 3.06. The summed E-state index contributed by atoms with van der Waals surface area (Å²) in [6.07, 6.45) is 0. The number of para-hydroxylation sites is 1. The Morgan fingerprint density at radius 1 is 0.340 bits per heavy atom. The van der Waals surface area contributed by atoms with Crippen molar-refractivity contribution in [1.29, 1.82) is 0 Å². The van der Waals surface area contributed by atoms with Crippen molar-refractivity contribution < 1.29 is 0 Å². The van der Waals surface area contributed by atoms with Gasteiger partial charge in [-0.3, -0.25) is 0 Å². The number of hydrogen-bond acceptors (Lipinski definition) is 1. The highest BCUT2D eigenvalue weighted by molar-refractivity contribution is 6.12. The van der Waals surface area contributed by atoms with E-state index < -0.39 is 0 Å². The second-order valence-electron chi connectivity index (χ2n) is 15.2. The van der Waals surface area contributed by atoms with E-state index in [4.69, 9.17) is 0 Å². The maximum Gasteiger partial charge on any atom is 0.0468 e. The van der Waals surface area contributed by atoms with Crippen LogP contribution in [0.25, 0.3) is 54.9 Å². The fourth-order valence-corrected chi connectivity index (χ4v) is 7.03. The third kappa shape index (κ3) is 5.21. The first-order valence-electron chi connectivity index (χ1n) is 16.8. The molecule has 1 nitrogen and oxygen atoms in total. The highest BCUT2D eigenvalue weighted by atomic mass is 15.1. The molecule has 0 radical (unpaired) electrons. The number of fused-ring (bicyclic) bond motifs is 6. The van der Waals surface area contributed by atoms with Gasteiger partial charge in [-0.05, 0) is 144 Å². The van der Waals surface area contributed by atoms with E-state index in [-0.39, 0.29) is 10.8 Å². The molecule has 0 fully saturated rings. The minimum absolute atomic E-state index is 0.0687. The topological polar surface area (TPSA) is 3.24 Å². The van der Waals surface area contributed by atoms with Gasteiger partial charge in [0.1, 0.15) is 0 Å². The van der Waals surface area contributed by atoms with Crippen molar-refractivity contribution in [2.75, 3.05) is 4.90 Å². The summed E-state index contributed by atoms with van der Waals surface area (Å²) < 4.78 is 0. The normalized spacial score (nSPS) is 12.5. The molecular formula is C46H41N. The standard InChI is InChI=1S/C46H41N/c1-45(2,3)36-20-17-30(18-21-36)31-15-16-32-25-41-42-26-33-19-22-40(24-35(33)28-44(42)43(41)27-34(32)23-31)47(38-12-8-7-9-13-38)39-14-10-11-37(29-39)46(4,5)6/h7-29H,1-6H3. The molecule has 0 unspecified atom stereocenters. The predicted molar refractivity (Wildman–Crippen MR) is 203 cm³/mol. The summed E-state index contributed by atoms with van der Waals surface area (Å²) in [6.45, 7) is 13.6. The summed E-state index contributed by atoms with van der Waals surface area (Å²) in [4.78, 5) is 2.38. The van der Waals surface area contributed by atoms with E-state index in [0.717, 1.165) is 11.4 Å². The lowest BCUT2D eigenvalue weighted by Crippen LogP contribution is -2.14. The number of anilines is 3. The van der Waals surface area contributed by atoms with Crippen molar-refractivity contribution in [1.82, 2.24) is 0 Å². The third-order valence-electron chi connectivity index (χ3n) is 9.84. The van der Waals surface area contributed by atoms with Gasteiger partial charge in [0.25, 0.3) is 0 Å². The minimum atomic E-state index is 0.0687. The lowest BCUT2D eigenvalue weighted by molar-refractivity contribution is 0.590. The molecule has 7 aromatic carbocycles. The summed E-state index contributed by atoms with van der Waals surface area (Å²) in [6, 6.07) is 52.1. The first-order valence-corrected chi connectivity index (χ1v) is 16.8. The van der Waals surface area contributed by atoms with E-state index in [9.17, 15) is 0 Å². The second kappa shape index (κ2) is 10.7. The highest BCUT2D eigenvalue weighted by Crippen LogP contribution is 2.51. The Balaban J connectivity index is 1.18. The molecular weight excluding hydrogens is 567 g/mol. The molecule has 0 atom stereocenters. The van der Waals surface area contributed by atoms with Gasteiger partial charge in [-0.2, -0.15) is 0 Å². The van der Waals surface area contributed by atoms with Crippen molar-refractivity contribution in [2.45, 2.75) is 52.4 Å². The summed E-state index contributed by atoms with van der Waals surface area (Å²) in [7, 11) is 0. The van der Waals surface area contributed by atoms with Crippen LogP contribution in [0, 0.1) is 0 Å². The molecule has 8 rings (SSSR count). The highest BCUT2D eigenvalue weighted by Gasteiger charge is 2.25. The van der Waals surface area contributed by atoms with Gasteiger partial charge in [-0.25, -0.2) is 0 Å². The fourth-order valence-electron chi connectivity index (χ4n) is 7.03. The molecule has 0 saturated carbocycles. The number of hydrogen-bond donors (Lipinski definition) is 0. The monoisotopic (exact) mass is 607 g/mol. The molecule has 0 amide bonds. The molecule has 0 aliphatic heterocycles. The molecule has 0 saturated heterocycles. The number of rotatable bonds is 4. The predicted octanol–water partition coefficient (Wildman–Crippen LogP) is 13.4. The molecule has 1 aliphatic carbocycles. The van der Waals surface area contributed by atoms with E-state index in [1.54, 1.807) is 0 Å². The summed E-state index contributed by atoms with van der Waals surface area (Å²) in [5.41, 5.74) is 14.3. The zero-order chi connectivity index (χ0) is 32.5. The van der Waals surface area contributed by atoms with E-state index in [2.05, 4.69) is 186 Å². The van der Waals surface area contributed by atoms with Crippen LogP contribution < -0.4 is 4.90 Å².